The van der Waals surface area contributed by atoms with E-state index < -0.39 is 7.37 Å². The van der Waals surface area contributed by atoms with Crippen molar-refractivity contribution in [1.29, 1.82) is 0 Å². The molecular weight excluding hydrogens is 185 g/mol. The summed E-state index contributed by atoms with van der Waals surface area (Å²) in [5.41, 5.74) is 5.71. The highest BCUT2D eigenvalue weighted by Crippen LogP contribution is 2.53. The summed E-state index contributed by atoms with van der Waals surface area (Å²) in [6.45, 7) is 2.04. The lowest BCUT2D eigenvalue weighted by molar-refractivity contribution is 0.459. The van der Waals surface area contributed by atoms with Gasteiger partial charge in [0.15, 0.2) is 0 Å². The molecule has 3 nitrogen and oxygen atoms in total. The normalized spacial score (nSPS) is 33.2. The zero-order valence-corrected chi connectivity index (χ0v) is 9.17. The monoisotopic (exact) mass is 205 g/mol. The zero-order chi connectivity index (χ0) is 9.90. The molecule has 0 spiro atoms. The topological polar surface area (TPSA) is 63.3 Å². The van der Waals surface area contributed by atoms with E-state index in [0.717, 1.165) is 32.1 Å². The summed E-state index contributed by atoms with van der Waals surface area (Å²) in [6, 6.07) is 0.159. The maximum atomic E-state index is 11.8. The maximum Gasteiger partial charge on any atom is 0.203 e. The van der Waals surface area contributed by atoms with Gasteiger partial charge in [-0.05, 0) is 25.7 Å². The molecule has 3 N–H and O–H groups in total. The second kappa shape index (κ2) is 4.59. The van der Waals surface area contributed by atoms with Crippen LogP contribution in [0.2, 0.25) is 0 Å². The summed E-state index contributed by atoms with van der Waals surface area (Å²) in [5.74, 6) is 0. The third kappa shape index (κ3) is 3.08. The van der Waals surface area contributed by atoms with Gasteiger partial charge in [0.25, 0.3) is 0 Å². The molecule has 1 aliphatic rings. The van der Waals surface area contributed by atoms with Crippen LogP contribution in [0, 0.1) is 0 Å². The van der Waals surface area contributed by atoms with Gasteiger partial charge in [-0.2, -0.15) is 0 Å². The first kappa shape index (κ1) is 11.2. The van der Waals surface area contributed by atoms with Crippen molar-refractivity contribution in [2.24, 2.45) is 5.73 Å². The largest absolute Gasteiger partial charge is 0.344 e. The minimum absolute atomic E-state index is 0.00551. The molecule has 0 aliphatic heterocycles. The van der Waals surface area contributed by atoms with Gasteiger partial charge < -0.3 is 10.6 Å². The van der Waals surface area contributed by atoms with E-state index in [1.165, 1.54) is 0 Å². The Balaban J connectivity index is 2.44. The van der Waals surface area contributed by atoms with Crippen molar-refractivity contribution in [1.82, 2.24) is 0 Å². The first-order valence-corrected chi connectivity index (χ1v) is 7.04. The van der Waals surface area contributed by atoms with Crippen molar-refractivity contribution >= 4 is 7.37 Å². The third-order valence-electron chi connectivity index (χ3n) is 2.85. The Morgan fingerprint density at radius 2 is 2.23 bits per heavy atom. The van der Waals surface area contributed by atoms with Gasteiger partial charge in [-0.15, -0.1) is 0 Å². The highest BCUT2D eigenvalue weighted by molar-refractivity contribution is 7.58. The summed E-state index contributed by atoms with van der Waals surface area (Å²) in [5, 5.41) is 0. The van der Waals surface area contributed by atoms with Crippen molar-refractivity contribution in [3.8, 4) is 0 Å². The smallest absolute Gasteiger partial charge is 0.203 e. The molecule has 3 atom stereocenters. The maximum absolute atomic E-state index is 11.8. The van der Waals surface area contributed by atoms with Gasteiger partial charge in [0, 0.05) is 17.9 Å². The molecule has 1 rings (SSSR count). The van der Waals surface area contributed by atoms with Gasteiger partial charge >= 0.3 is 0 Å². The summed E-state index contributed by atoms with van der Waals surface area (Å²) < 4.78 is 11.8. The van der Waals surface area contributed by atoms with Crippen LogP contribution in [0.3, 0.4) is 0 Å². The molecule has 1 saturated carbocycles. The van der Waals surface area contributed by atoms with Crippen molar-refractivity contribution in [3.63, 3.8) is 0 Å². The van der Waals surface area contributed by atoms with Gasteiger partial charge in [0.05, 0.1) is 0 Å². The van der Waals surface area contributed by atoms with E-state index in [1.54, 1.807) is 0 Å². The standard InChI is InChI=1S/C9H20NO2P/c1-2-3-6-13(11,12)9-5-4-8(10)7-9/h8-9H,2-7,10H2,1H3,(H,11,12). The predicted molar refractivity (Wildman–Crippen MR) is 55.2 cm³/mol. The van der Waals surface area contributed by atoms with Crippen LogP contribution in [-0.4, -0.2) is 22.8 Å². The molecule has 0 aromatic heterocycles. The van der Waals surface area contributed by atoms with Crippen molar-refractivity contribution in [2.75, 3.05) is 6.16 Å². The highest BCUT2D eigenvalue weighted by Gasteiger charge is 2.35. The number of hydrogen-bond donors (Lipinski definition) is 2. The van der Waals surface area contributed by atoms with E-state index in [0.29, 0.717) is 6.16 Å². The predicted octanol–water partition coefficient (Wildman–Crippen LogP) is 1.94. The molecule has 13 heavy (non-hydrogen) atoms. The molecule has 4 heteroatoms. The van der Waals surface area contributed by atoms with Gasteiger partial charge in [0.1, 0.15) is 0 Å². The van der Waals surface area contributed by atoms with Crippen molar-refractivity contribution in [3.05, 3.63) is 0 Å². The number of rotatable bonds is 4. The fraction of sp³-hybridized carbons (Fsp3) is 1.00. The lowest BCUT2D eigenvalue weighted by atomic mass is 10.3. The van der Waals surface area contributed by atoms with E-state index in [4.69, 9.17) is 5.73 Å². The van der Waals surface area contributed by atoms with Crippen LogP contribution in [-0.2, 0) is 4.57 Å². The van der Waals surface area contributed by atoms with Crippen molar-refractivity contribution in [2.45, 2.75) is 50.7 Å². The Morgan fingerprint density at radius 3 is 2.69 bits per heavy atom. The quantitative estimate of drug-likeness (QED) is 0.689. The van der Waals surface area contributed by atoms with Gasteiger partial charge in [-0.25, -0.2) is 0 Å². The Hall–Kier alpha value is 0.150. The first-order chi connectivity index (χ1) is 6.06. The molecule has 3 unspecified atom stereocenters. The minimum Gasteiger partial charge on any atom is -0.344 e. The van der Waals surface area contributed by atoms with Crippen LogP contribution in [0.1, 0.15) is 39.0 Å². The van der Waals surface area contributed by atoms with E-state index in [1.807, 2.05) is 6.92 Å². The van der Waals surface area contributed by atoms with Crippen molar-refractivity contribution < 1.29 is 9.46 Å². The van der Waals surface area contributed by atoms with Crippen LogP contribution in [0.15, 0.2) is 0 Å². The Bertz CT molecular complexity index is 208. The molecule has 1 fully saturated rings. The molecule has 0 heterocycles. The summed E-state index contributed by atoms with van der Waals surface area (Å²) in [4.78, 5) is 9.76. The van der Waals surface area contributed by atoms with E-state index >= 15 is 0 Å². The molecule has 0 bridgehead atoms. The lowest BCUT2D eigenvalue weighted by Gasteiger charge is -2.17. The van der Waals surface area contributed by atoms with Gasteiger partial charge in [-0.1, -0.05) is 13.3 Å². The van der Waals surface area contributed by atoms with Crippen LogP contribution in [0.25, 0.3) is 0 Å². The van der Waals surface area contributed by atoms with Crippen LogP contribution < -0.4 is 5.73 Å². The minimum atomic E-state index is -2.87. The fourth-order valence-electron chi connectivity index (χ4n) is 1.93. The molecule has 1 aliphatic carbocycles. The Kier molecular flexibility index (Phi) is 3.96. The van der Waals surface area contributed by atoms with Gasteiger partial charge in [-0.3, -0.25) is 4.57 Å². The van der Waals surface area contributed by atoms with Crippen LogP contribution in [0.5, 0.6) is 0 Å². The average molecular weight is 205 g/mol. The molecule has 78 valence electrons. The van der Waals surface area contributed by atoms with Gasteiger partial charge in [0.2, 0.25) is 7.37 Å². The van der Waals surface area contributed by atoms with E-state index in [2.05, 4.69) is 0 Å². The number of nitrogens with two attached hydrogens (primary N) is 1. The summed E-state index contributed by atoms with van der Waals surface area (Å²) in [6.07, 6.45) is 4.85. The molecule has 0 aromatic rings. The fourth-order valence-corrected chi connectivity index (χ4v) is 4.21. The molecule has 0 amide bonds. The number of hydrogen-bond acceptors (Lipinski definition) is 2. The number of unbranched alkanes of at least 4 members (excludes halogenated alkanes) is 1. The Morgan fingerprint density at radius 1 is 1.54 bits per heavy atom. The van der Waals surface area contributed by atoms with Crippen LogP contribution >= 0.6 is 7.37 Å². The lowest BCUT2D eigenvalue weighted by Crippen LogP contribution is -2.16. The third-order valence-corrected chi connectivity index (χ3v) is 5.42. The molecule has 0 radical (unpaired) electrons. The first-order valence-electron chi connectivity index (χ1n) is 5.13. The van der Waals surface area contributed by atoms with Crippen LogP contribution in [0.4, 0.5) is 0 Å². The summed E-state index contributed by atoms with van der Waals surface area (Å²) >= 11 is 0. The second-order valence-electron chi connectivity index (χ2n) is 4.06. The SMILES string of the molecule is CCCCP(=O)(O)C1CCC(N)C1. The molecular formula is C9H20NO2P. The zero-order valence-electron chi connectivity index (χ0n) is 8.28. The molecule has 0 aromatic carbocycles. The second-order valence-corrected chi connectivity index (χ2v) is 6.75. The average Bonchev–Trinajstić information content (AvgIpc) is 2.49. The highest BCUT2D eigenvalue weighted by atomic mass is 31.2. The molecule has 0 saturated heterocycles. The van der Waals surface area contributed by atoms with E-state index in [9.17, 15) is 9.46 Å². The Labute approximate surface area is 80.2 Å². The van der Waals surface area contributed by atoms with E-state index in [-0.39, 0.29) is 11.7 Å². The summed E-state index contributed by atoms with van der Waals surface area (Å²) in [7, 11) is -2.87.